The fourth-order valence-electron chi connectivity index (χ4n) is 2.60. The van der Waals surface area contributed by atoms with Crippen LogP contribution >= 0.6 is 0 Å². The van der Waals surface area contributed by atoms with Gasteiger partial charge in [0.1, 0.15) is 0 Å². The Balaban J connectivity index is 1.93. The van der Waals surface area contributed by atoms with Gasteiger partial charge < -0.3 is 10.2 Å². The van der Waals surface area contributed by atoms with Gasteiger partial charge in [0.05, 0.1) is 4.90 Å². The van der Waals surface area contributed by atoms with Crippen molar-refractivity contribution >= 4 is 27.5 Å². The molecule has 2 aromatic rings. The van der Waals surface area contributed by atoms with Crippen molar-refractivity contribution < 1.29 is 18.0 Å². The molecule has 27 heavy (non-hydrogen) atoms. The van der Waals surface area contributed by atoms with Gasteiger partial charge in [-0.05, 0) is 55.7 Å². The molecule has 0 radical (unpaired) electrons. The third-order valence-corrected chi connectivity index (χ3v) is 4.95. The molecule has 2 rings (SSSR count). The number of rotatable bonds is 6. The maximum absolute atomic E-state index is 12.4. The number of carbonyl (C=O) groups is 2. The van der Waals surface area contributed by atoms with Gasteiger partial charge in [-0.25, -0.2) is 13.6 Å². The molecule has 0 aliphatic rings. The van der Waals surface area contributed by atoms with Crippen molar-refractivity contribution in [1.29, 1.82) is 0 Å². The Kier molecular flexibility index (Phi) is 6.70. The number of hydrogen-bond acceptors (Lipinski definition) is 4. The Morgan fingerprint density at radius 2 is 1.78 bits per heavy atom. The van der Waals surface area contributed by atoms with Crippen LogP contribution < -0.4 is 15.4 Å². The number of likely N-dealkylation sites (N-methyl/N-ethyl adjacent to an activating group) is 1. The number of aryl methyl sites for hydroxylation is 1. The van der Waals surface area contributed by atoms with E-state index in [0.717, 1.165) is 11.1 Å². The van der Waals surface area contributed by atoms with Crippen molar-refractivity contribution in [1.82, 2.24) is 5.32 Å². The Morgan fingerprint density at radius 3 is 2.33 bits per heavy atom. The van der Waals surface area contributed by atoms with Crippen LogP contribution in [0, 0.1) is 6.92 Å². The Hall–Kier alpha value is -2.71. The minimum atomic E-state index is -3.73. The average molecular weight is 389 g/mol. The quantitative estimate of drug-likeness (QED) is 0.727. The van der Waals surface area contributed by atoms with Crippen molar-refractivity contribution in [2.24, 2.45) is 5.14 Å². The minimum Gasteiger partial charge on any atom is -0.347 e. The van der Waals surface area contributed by atoms with Crippen molar-refractivity contribution in [2.45, 2.75) is 25.2 Å². The van der Waals surface area contributed by atoms with Gasteiger partial charge in [-0.2, -0.15) is 0 Å². The number of hydrogen-bond donors (Lipinski definition) is 2. The van der Waals surface area contributed by atoms with Gasteiger partial charge in [-0.1, -0.05) is 24.3 Å². The number of sulfonamides is 1. The van der Waals surface area contributed by atoms with Gasteiger partial charge in [-0.3, -0.25) is 9.59 Å². The van der Waals surface area contributed by atoms with Crippen LogP contribution in [-0.4, -0.2) is 33.3 Å². The molecule has 0 unspecified atom stereocenters. The number of benzene rings is 2. The average Bonchev–Trinajstić information content (AvgIpc) is 2.62. The van der Waals surface area contributed by atoms with E-state index in [2.05, 4.69) is 5.32 Å². The molecule has 0 fully saturated rings. The molecule has 2 aromatic carbocycles. The topological polar surface area (TPSA) is 110 Å². The molecule has 0 aliphatic carbocycles. The second kappa shape index (κ2) is 8.79. The third-order valence-electron chi connectivity index (χ3n) is 4.02. The maximum Gasteiger partial charge on any atom is 0.316 e. The van der Waals surface area contributed by atoms with Crippen LogP contribution in [-0.2, 0) is 26.0 Å². The second-order valence-electron chi connectivity index (χ2n) is 6.08. The molecule has 0 spiro atoms. The predicted molar refractivity (Wildman–Crippen MR) is 104 cm³/mol. The molecule has 144 valence electrons. The van der Waals surface area contributed by atoms with Crippen molar-refractivity contribution in [3.63, 3.8) is 0 Å². The van der Waals surface area contributed by atoms with E-state index in [1.54, 1.807) is 25.1 Å². The van der Waals surface area contributed by atoms with Gasteiger partial charge >= 0.3 is 11.8 Å². The van der Waals surface area contributed by atoms with E-state index in [0.29, 0.717) is 18.7 Å². The molecule has 3 N–H and O–H groups in total. The number of nitrogens with zero attached hydrogens (tertiary/aromatic N) is 1. The lowest BCUT2D eigenvalue weighted by atomic mass is 10.1. The number of nitrogens with two attached hydrogens (primary N) is 1. The highest BCUT2D eigenvalue weighted by atomic mass is 32.2. The van der Waals surface area contributed by atoms with Crippen LogP contribution in [0.15, 0.2) is 53.4 Å². The fraction of sp³-hybridized carbons (Fsp3) is 0.263. The summed E-state index contributed by atoms with van der Waals surface area (Å²) in [6.45, 7) is 4.36. The zero-order valence-corrected chi connectivity index (χ0v) is 16.1. The van der Waals surface area contributed by atoms with E-state index in [1.807, 2.05) is 25.1 Å². The van der Waals surface area contributed by atoms with Crippen LogP contribution in [0.3, 0.4) is 0 Å². The number of nitrogens with one attached hydrogen (secondary N) is 1. The zero-order chi connectivity index (χ0) is 20.0. The van der Waals surface area contributed by atoms with E-state index in [-0.39, 0.29) is 11.4 Å². The molecule has 8 heteroatoms. The van der Waals surface area contributed by atoms with Gasteiger partial charge in [0.25, 0.3) is 0 Å². The minimum absolute atomic E-state index is 0.0298. The van der Waals surface area contributed by atoms with Crippen LogP contribution in [0.25, 0.3) is 0 Å². The number of anilines is 1. The fourth-order valence-corrected chi connectivity index (χ4v) is 3.12. The van der Waals surface area contributed by atoms with Crippen molar-refractivity contribution in [3.8, 4) is 0 Å². The summed E-state index contributed by atoms with van der Waals surface area (Å²) in [6, 6.07) is 13.5. The highest BCUT2D eigenvalue weighted by Gasteiger charge is 2.21. The summed E-state index contributed by atoms with van der Waals surface area (Å²) in [6.07, 6.45) is 0.459. The van der Waals surface area contributed by atoms with Crippen LogP contribution in [0.2, 0.25) is 0 Å². The first-order valence-electron chi connectivity index (χ1n) is 8.50. The van der Waals surface area contributed by atoms with Crippen LogP contribution in [0.4, 0.5) is 5.69 Å². The highest BCUT2D eigenvalue weighted by molar-refractivity contribution is 7.89. The number of carbonyl (C=O) groups excluding carboxylic acids is 2. The van der Waals surface area contributed by atoms with E-state index < -0.39 is 21.8 Å². The van der Waals surface area contributed by atoms with E-state index in [9.17, 15) is 18.0 Å². The van der Waals surface area contributed by atoms with Crippen LogP contribution in [0.1, 0.15) is 18.1 Å². The molecule has 0 saturated heterocycles. The summed E-state index contributed by atoms with van der Waals surface area (Å²) in [5, 5.41) is 7.65. The summed E-state index contributed by atoms with van der Waals surface area (Å²) in [5.41, 5.74) is 2.50. The van der Waals surface area contributed by atoms with Gasteiger partial charge in [0, 0.05) is 18.8 Å². The molecule has 0 heterocycles. The summed E-state index contributed by atoms with van der Waals surface area (Å²) in [7, 11) is -3.73. The highest BCUT2D eigenvalue weighted by Crippen LogP contribution is 2.16. The molecule has 0 bridgehead atoms. The number of amides is 2. The molecular formula is C19H23N3O4S. The Labute approximate surface area is 159 Å². The Morgan fingerprint density at radius 1 is 1.11 bits per heavy atom. The lowest BCUT2D eigenvalue weighted by Gasteiger charge is -2.20. The summed E-state index contributed by atoms with van der Waals surface area (Å²) >= 11 is 0. The maximum atomic E-state index is 12.4. The summed E-state index contributed by atoms with van der Waals surface area (Å²) in [4.78, 5) is 26.0. The van der Waals surface area contributed by atoms with Gasteiger partial charge in [-0.15, -0.1) is 0 Å². The molecule has 0 atom stereocenters. The lowest BCUT2D eigenvalue weighted by molar-refractivity contribution is -0.137. The SMILES string of the molecule is CCN(C(=O)C(=O)NCCc1ccc(S(N)(=O)=O)cc1)c1cccc(C)c1. The van der Waals surface area contributed by atoms with Crippen molar-refractivity contribution in [3.05, 3.63) is 59.7 Å². The van der Waals surface area contributed by atoms with E-state index in [4.69, 9.17) is 5.14 Å². The first kappa shape index (κ1) is 20.6. The number of primary sulfonamides is 1. The largest absolute Gasteiger partial charge is 0.347 e. The first-order valence-corrected chi connectivity index (χ1v) is 10.0. The Bertz CT molecular complexity index is 924. The summed E-state index contributed by atoms with van der Waals surface area (Å²) in [5.74, 6) is -1.30. The van der Waals surface area contributed by atoms with Gasteiger partial charge in [0.15, 0.2) is 0 Å². The molecule has 0 aromatic heterocycles. The predicted octanol–water partition coefficient (Wildman–Crippen LogP) is 1.35. The van der Waals surface area contributed by atoms with Crippen LogP contribution in [0.5, 0.6) is 0 Å². The van der Waals surface area contributed by atoms with Gasteiger partial charge in [0.2, 0.25) is 10.0 Å². The van der Waals surface area contributed by atoms with E-state index in [1.165, 1.54) is 17.0 Å². The molecule has 0 saturated carbocycles. The first-order chi connectivity index (χ1) is 12.7. The van der Waals surface area contributed by atoms with Crippen molar-refractivity contribution in [2.75, 3.05) is 18.0 Å². The molecular weight excluding hydrogens is 366 g/mol. The standard InChI is InChI=1S/C19H23N3O4S/c1-3-22(16-6-4-5-14(2)13-16)19(24)18(23)21-12-11-15-7-9-17(10-8-15)27(20,25)26/h4-10,13H,3,11-12H2,1-2H3,(H,21,23)(H2,20,25,26). The molecule has 2 amide bonds. The second-order valence-corrected chi connectivity index (χ2v) is 7.64. The molecule has 7 nitrogen and oxygen atoms in total. The third kappa shape index (κ3) is 5.63. The summed E-state index contributed by atoms with van der Waals surface area (Å²) < 4.78 is 22.5. The zero-order valence-electron chi connectivity index (χ0n) is 15.3. The normalized spacial score (nSPS) is 11.1. The van der Waals surface area contributed by atoms with E-state index >= 15 is 0 Å². The monoisotopic (exact) mass is 389 g/mol. The lowest BCUT2D eigenvalue weighted by Crippen LogP contribution is -2.43. The molecule has 0 aliphatic heterocycles. The smallest absolute Gasteiger partial charge is 0.316 e.